The number of carbonyl (C=O) groups is 1. The number of aromatic nitrogens is 1. The molecule has 0 radical (unpaired) electrons. The van der Waals surface area contributed by atoms with E-state index < -0.39 is 0 Å². The number of hydrazone groups is 1. The number of allylic oxidation sites excluding steroid dienone is 1. The van der Waals surface area contributed by atoms with Crippen molar-refractivity contribution in [2.45, 2.75) is 38.5 Å². The molecule has 0 aliphatic heterocycles. The molecule has 1 heterocycles. The number of nitriles is 1. The highest BCUT2D eigenvalue weighted by atomic mass is 16.2. The van der Waals surface area contributed by atoms with Gasteiger partial charge >= 0.3 is 0 Å². The lowest BCUT2D eigenvalue weighted by atomic mass is 9.79. The third-order valence-electron chi connectivity index (χ3n) is 6.42. The number of anilines is 1. The lowest BCUT2D eigenvalue weighted by Gasteiger charge is -2.29. The largest absolute Gasteiger partial charge is 0.316 e. The van der Waals surface area contributed by atoms with E-state index in [1.54, 1.807) is 17.4 Å². The van der Waals surface area contributed by atoms with Gasteiger partial charge in [0, 0.05) is 32.4 Å². The summed E-state index contributed by atoms with van der Waals surface area (Å²) in [5.74, 6) is 0.859. The van der Waals surface area contributed by atoms with Gasteiger partial charge in [0.1, 0.15) is 5.82 Å². The minimum atomic E-state index is -0.0973. The van der Waals surface area contributed by atoms with Crippen molar-refractivity contribution in [3.05, 3.63) is 65.9 Å². The zero-order chi connectivity index (χ0) is 25.0. The maximum Gasteiger partial charge on any atom is 0.230 e. The molecular formula is C28H36N6O. The Morgan fingerprint density at radius 2 is 1.97 bits per heavy atom. The van der Waals surface area contributed by atoms with E-state index in [1.807, 2.05) is 50.5 Å². The Kier molecular flexibility index (Phi) is 10.00. The van der Waals surface area contributed by atoms with Crippen LogP contribution in [0.5, 0.6) is 0 Å². The second-order valence-corrected chi connectivity index (χ2v) is 9.31. The Balaban J connectivity index is 1.57. The molecule has 7 heteroatoms. The molecular weight excluding hydrogens is 436 g/mol. The molecule has 0 saturated heterocycles. The molecule has 3 rings (SSSR count). The van der Waals surface area contributed by atoms with Gasteiger partial charge < -0.3 is 15.6 Å². The number of benzene rings is 1. The highest BCUT2D eigenvalue weighted by molar-refractivity contribution is 6.08. The molecule has 1 aromatic carbocycles. The molecule has 184 valence electrons. The third kappa shape index (κ3) is 8.34. The Hall–Kier alpha value is -3.50. The van der Waals surface area contributed by atoms with Crippen LogP contribution in [0, 0.1) is 23.2 Å². The summed E-state index contributed by atoms with van der Waals surface area (Å²) in [6, 6.07) is 13.5. The minimum absolute atomic E-state index is 0.0241. The normalized spacial score (nSPS) is 14.9. The monoisotopic (exact) mass is 472 g/mol. The van der Waals surface area contributed by atoms with Gasteiger partial charge in [0.05, 0.1) is 23.8 Å². The quantitative estimate of drug-likeness (QED) is 0.286. The number of hydrogen-bond donors (Lipinski definition) is 2. The van der Waals surface area contributed by atoms with Gasteiger partial charge in [-0.3, -0.25) is 4.79 Å². The molecule has 1 aromatic heterocycles. The molecule has 1 aliphatic rings. The van der Waals surface area contributed by atoms with Crippen molar-refractivity contribution in [3.8, 4) is 6.07 Å². The lowest BCUT2D eigenvalue weighted by molar-refractivity contribution is -0.121. The predicted molar refractivity (Wildman–Crippen MR) is 142 cm³/mol. The molecule has 1 atom stereocenters. The van der Waals surface area contributed by atoms with Crippen molar-refractivity contribution in [1.29, 1.82) is 5.26 Å². The third-order valence-corrected chi connectivity index (χ3v) is 6.42. The second kappa shape index (κ2) is 13.4. The Morgan fingerprint density at radius 3 is 2.60 bits per heavy atom. The average molecular weight is 473 g/mol. The first kappa shape index (κ1) is 26.1. The maximum atomic E-state index is 13.3. The summed E-state index contributed by atoms with van der Waals surface area (Å²) < 4.78 is 0. The fraction of sp³-hybridized carbons (Fsp3) is 0.429. The van der Waals surface area contributed by atoms with Crippen LogP contribution in [-0.2, 0) is 11.2 Å². The fourth-order valence-corrected chi connectivity index (χ4v) is 4.38. The molecule has 0 bridgehead atoms. The summed E-state index contributed by atoms with van der Waals surface area (Å²) in [5.41, 5.74) is 3.47. The van der Waals surface area contributed by atoms with Crippen LogP contribution >= 0.6 is 0 Å². The van der Waals surface area contributed by atoms with Gasteiger partial charge in [-0.25, -0.2) is 4.98 Å². The van der Waals surface area contributed by atoms with Gasteiger partial charge in [-0.15, -0.1) is 0 Å². The zero-order valence-electron chi connectivity index (χ0n) is 20.8. The Labute approximate surface area is 208 Å². The van der Waals surface area contributed by atoms with E-state index in [-0.39, 0.29) is 11.8 Å². The maximum absolute atomic E-state index is 13.3. The predicted octanol–water partition coefficient (Wildman–Crippen LogP) is 4.48. The lowest BCUT2D eigenvalue weighted by Crippen LogP contribution is -2.39. The van der Waals surface area contributed by atoms with Crippen LogP contribution in [-0.4, -0.2) is 49.3 Å². The first-order valence-electron chi connectivity index (χ1n) is 12.3. The van der Waals surface area contributed by atoms with E-state index in [0.29, 0.717) is 23.8 Å². The molecule has 35 heavy (non-hydrogen) atoms. The molecule has 1 unspecified atom stereocenters. The summed E-state index contributed by atoms with van der Waals surface area (Å²) in [7, 11) is 3.70. The standard InChI is InChI=1S/C28H36N6O/c1-21(18-32-34(2)3)25-13-14-27(31-19-25)33-28(35)26(24-7-5-4-6-8-24)20-30-16-15-22-9-11-23(17-29)12-10-22/h9-14,18-19,24,26,30H,1,4-8,15-16,20H2,2-3H3,(H,31,33,35)/b32-18-. The SMILES string of the molecule is C=C(/C=N\N(C)C)c1ccc(NC(=O)C(CNCCc2ccc(C#N)cc2)C2CCCCC2)nc1. The van der Waals surface area contributed by atoms with Gasteiger partial charge in [0.25, 0.3) is 0 Å². The average Bonchev–Trinajstić information content (AvgIpc) is 2.88. The fourth-order valence-electron chi connectivity index (χ4n) is 4.38. The highest BCUT2D eigenvalue weighted by Gasteiger charge is 2.29. The van der Waals surface area contributed by atoms with Gasteiger partial charge in [0.2, 0.25) is 5.91 Å². The second-order valence-electron chi connectivity index (χ2n) is 9.31. The molecule has 2 N–H and O–H groups in total. The van der Waals surface area contributed by atoms with Crippen molar-refractivity contribution in [1.82, 2.24) is 15.3 Å². The smallest absolute Gasteiger partial charge is 0.230 e. The van der Waals surface area contributed by atoms with E-state index in [9.17, 15) is 4.79 Å². The number of nitrogens with zero attached hydrogens (tertiary/aromatic N) is 4. The van der Waals surface area contributed by atoms with Crippen LogP contribution in [0.1, 0.15) is 48.8 Å². The summed E-state index contributed by atoms with van der Waals surface area (Å²) >= 11 is 0. The molecule has 1 aliphatic carbocycles. The van der Waals surface area contributed by atoms with Crippen molar-refractivity contribution in [2.24, 2.45) is 16.9 Å². The number of pyridine rings is 1. The zero-order valence-corrected chi connectivity index (χ0v) is 20.8. The van der Waals surface area contributed by atoms with Gasteiger partial charge in [-0.2, -0.15) is 10.4 Å². The summed E-state index contributed by atoms with van der Waals surface area (Å²) in [6.45, 7) is 5.45. The van der Waals surface area contributed by atoms with Gasteiger partial charge in [0.15, 0.2) is 0 Å². The summed E-state index contributed by atoms with van der Waals surface area (Å²) in [5, 5.41) is 21.4. The first-order chi connectivity index (χ1) is 17.0. The van der Waals surface area contributed by atoms with Crippen LogP contribution in [0.3, 0.4) is 0 Å². The number of nitrogens with one attached hydrogen (secondary N) is 2. The van der Waals surface area contributed by atoms with Crippen LogP contribution < -0.4 is 10.6 Å². The van der Waals surface area contributed by atoms with Crippen LogP contribution in [0.25, 0.3) is 5.57 Å². The van der Waals surface area contributed by atoms with E-state index in [2.05, 4.69) is 33.4 Å². The highest BCUT2D eigenvalue weighted by Crippen LogP contribution is 2.30. The molecule has 7 nitrogen and oxygen atoms in total. The summed E-state index contributed by atoms with van der Waals surface area (Å²) in [4.78, 5) is 17.7. The van der Waals surface area contributed by atoms with Gasteiger partial charge in [-0.1, -0.05) is 38.0 Å². The first-order valence-corrected chi connectivity index (χ1v) is 12.3. The van der Waals surface area contributed by atoms with Gasteiger partial charge in [-0.05, 0) is 67.1 Å². The van der Waals surface area contributed by atoms with Crippen LogP contribution in [0.15, 0.2) is 54.3 Å². The summed E-state index contributed by atoms with van der Waals surface area (Å²) in [6.07, 6.45) is 10.1. The van der Waals surface area contributed by atoms with Crippen LogP contribution in [0.2, 0.25) is 0 Å². The molecule has 0 spiro atoms. The minimum Gasteiger partial charge on any atom is -0.316 e. The van der Waals surface area contributed by atoms with E-state index >= 15 is 0 Å². The van der Waals surface area contributed by atoms with Crippen LogP contribution in [0.4, 0.5) is 5.82 Å². The Morgan fingerprint density at radius 1 is 1.23 bits per heavy atom. The van der Waals surface area contributed by atoms with Crippen molar-refractivity contribution in [3.63, 3.8) is 0 Å². The van der Waals surface area contributed by atoms with E-state index in [4.69, 9.17) is 5.26 Å². The Bertz CT molecular complexity index is 1030. The van der Waals surface area contributed by atoms with Crippen molar-refractivity contribution in [2.75, 3.05) is 32.5 Å². The molecule has 1 amide bonds. The molecule has 1 fully saturated rings. The van der Waals surface area contributed by atoms with E-state index in [1.165, 1.54) is 24.8 Å². The van der Waals surface area contributed by atoms with Crippen molar-refractivity contribution >= 4 is 23.5 Å². The van der Waals surface area contributed by atoms with E-state index in [0.717, 1.165) is 36.9 Å². The molecule has 2 aromatic rings. The number of amides is 1. The number of hydrogen-bond acceptors (Lipinski definition) is 6. The number of rotatable bonds is 11. The topological polar surface area (TPSA) is 93.4 Å². The van der Waals surface area contributed by atoms with Crippen molar-refractivity contribution < 1.29 is 4.79 Å². The number of carbonyl (C=O) groups excluding carboxylic acids is 1. The molecule has 1 saturated carbocycles.